The summed E-state index contributed by atoms with van der Waals surface area (Å²) in [6.07, 6.45) is 4.06. The lowest BCUT2D eigenvalue weighted by molar-refractivity contribution is 0.358. The van der Waals surface area contributed by atoms with Crippen molar-refractivity contribution in [2.45, 2.75) is 13.8 Å². The molecule has 0 saturated heterocycles. The van der Waals surface area contributed by atoms with Crippen molar-refractivity contribution in [3.63, 3.8) is 0 Å². The molecular weight excluding hydrogens is 124 g/mol. The van der Waals surface area contributed by atoms with Crippen LogP contribution in [0, 0.1) is 11.3 Å². The Labute approximate surface area is 62.8 Å². The molecule has 0 aliphatic rings. The highest BCUT2D eigenvalue weighted by Gasteiger charge is 1.95. The summed E-state index contributed by atoms with van der Waals surface area (Å²) < 4.78 is 0. The van der Waals surface area contributed by atoms with Crippen molar-refractivity contribution in [3.05, 3.63) is 12.2 Å². The van der Waals surface area contributed by atoms with Gasteiger partial charge in [0.2, 0.25) is 0 Å². The summed E-state index contributed by atoms with van der Waals surface area (Å²) in [5.41, 5.74) is 0. The first-order chi connectivity index (χ1) is 4.85. The van der Waals surface area contributed by atoms with Gasteiger partial charge in [0.15, 0.2) is 0 Å². The molecule has 0 radical (unpaired) electrons. The third kappa shape index (κ3) is 4.11. The van der Waals surface area contributed by atoms with E-state index in [1.807, 2.05) is 13.0 Å². The first kappa shape index (κ1) is 9.19. The van der Waals surface area contributed by atoms with Gasteiger partial charge in [-0.15, -0.1) is 0 Å². The molecule has 0 aliphatic carbocycles. The summed E-state index contributed by atoms with van der Waals surface area (Å²) in [5.74, 6) is 0. The second kappa shape index (κ2) is 6.31. The fourth-order valence-electron chi connectivity index (χ4n) is 0.660. The van der Waals surface area contributed by atoms with Gasteiger partial charge in [-0.05, 0) is 13.5 Å². The number of nitrogens with zero attached hydrogens (tertiary/aromatic N) is 2. The average Bonchev–Trinajstić information content (AvgIpc) is 1.98. The van der Waals surface area contributed by atoms with Crippen molar-refractivity contribution in [1.82, 2.24) is 4.90 Å². The van der Waals surface area contributed by atoms with E-state index in [2.05, 4.69) is 24.0 Å². The number of rotatable bonds is 4. The summed E-state index contributed by atoms with van der Waals surface area (Å²) in [7, 11) is 0. The molecule has 0 aromatic carbocycles. The fourth-order valence-corrected chi connectivity index (χ4v) is 0.660. The molecule has 0 unspecified atom stereocenters. The lowest BCUT2D eigenvalue weighted by atomic mass is 10.4. The summed E-state index contributed by atoms with van der Waals surface area (Å²) in [5, 5.41) is 8.35. The van der Waals surface area contributed by atoms with Gasteiger partial charge in [-0.2, -0.15) is 5.26 Å². The van der Waals surface area contributed by atoms with Gasteiger partial charge < -0.3 is 0 Å². The number of nitriles is 1. The van der Waals surface area contributed by atoms with Crippen molar-refractivity contribution in [1.29, 1.82) is 5.26 Å². The number of allylic oxidation sites excluding steroid dienone is 1. The SMILES string of the molecule is CC=CCN(CC)CC#N. The van der Waals surface area contributed by atoms with Crippen LogP contribution in [0.1, 0.15) is 13.8 Å². The van der Waals surface area contributed by atoms with Crippen LogP contribution in [0.4, 0.5) is 0 Å². The number of hydrogen-bond acceptors (Lipinski definition) is 2. The van der Waals surface area contributed by atoms with Crippen LogP contribution in [-0.4, -0.2) is 24.5 Å². The first-order valence-electron chi connectivity index (χ1n) is 3.55. The molecule has 0 saturated carbocycles. The smallest absolute Gasteiger partial charge is 0.0868 e. The van der Waals surface area contributed by atoms with E-state index in [1.54, 1.807) is 0 Å². The number of likely N-dealkylation sites (N-methyl/N-ethyl adjacent to an activating group) is 1. The molecule has 0 aliphatic heterocycles. The Morgan fingerprint density at radius 3 is 2.70 bits per heavy atom. The second-order valence-corrected chi connectivity index (χ2v) is 2.05. The van der Waals surface area contributed by atoms with Crippen molar-refractivity contribution in [2.24, 2.45) is 0 Å². The van der Waals surface area contributed by atoms with Gasteiger partial charge in [-0.3, -0.25) is 4.90 Å². The van der Waals surface area contributed by atoms with Crippen LogP contribution in [0.15, 0.2) is 12.2 Å². The van der Waals surface area contributed by atoms with Gasteiger partial charge in [0.1, 0.15) is 0 Å². The van der Waals surface area contributed by atoms with E-state index in [-0.39, 0.29) is 0 Å². The monoisotopic (exact) mass is 138 g/mol. The maximum Gasteiger partial charge on any atom is 0.0868 e. The highest BCUT2D eigenvalue weighted by molar-refractivity contribution is 4.84. The van der Waals surface area contributed by atoms with Crippen LogP contribution in [-0.2, 0) is 0 Å². The lowest BCUT2D eigenvalue weighted by Gasteiger charge is -2.12. The molecule has 10 heavy (non-hydrogen) atoms. The predicted molar refractivity (Wildman–Crippen MR) is 42.5 cm³/mol. The topological polar surface area (TPSA) is 27.0 Å². The van der Waals surface area contributed by atoms with Crippen molar-refractivity contribution >= 4 is 0 Å². The second-order valence-electron chi connectivity index (χ2n) is 2.05. The fraction of sp³-hybridized carbons (Fsp3) is 0.625. The molecule has 0 spiro atoms. The Balaban J connectivity index is 3.51. The van der Waals surface area contributed by atoms with Gasteiger partial charge in [0.25, 0.3) is 0 Å². The van der Waals surface area contributed by atoms with Gasteiger partial charge in [0, 0.05) is 6.54 Å². The normalized spacial score (nSPS) is 10.6. The largest absolute Gasteiger partial charge is 0.287 e. The van der Waals surface area contributed by atoms with E-state index >= 15 is 0 Å². The molecule has 0 atom stereocenters. The Kier molecular flexibility index (Phi) is 5.80. The molecule has 56 valence electrons. The van der Waals surface area contributed by atoms with Crippen molar-refractivity contribution < 1.29 is 0 Å². The third-order valence-corrected chi connectivity index (χ3v) is 1.34. The van der Waals surface area contributed by atoms with Crippen LogP contribution in [0.2, 0.25) is 0 Å². The van der Waals surface area contributed by atoms with Crippen LogP contribution in [0.3, 0.4) is 0 Å². The quantitative estimate of drug-likeness (QED) is 0.434. The molecular formula is C8H14N2. The molecule has 0 heterocycles. The zero-order chi connectivity index (χ0) is 7.82. The zero-order valence-electron chi connectivity index (χ0n) is 6.67. The first-order valence-corrected chi connectivity index (χ1v) is 3.55. The average molecular weight is 138 g/mol. The van der Waals surface area contributed by atoms with Gasteiger partial charge in [-0.1, -0.05) is 19.1 Å². The van der Waals surface area contributed by atoms with E-state index in [0.29, 0.717) is 6.54 Å². The van der Waals surface area contributed by atoms with Crippen LogP contribution in [0.5, 0.6) is 0 Å². The molecule has 0 N–H and O–H groups in total. The Morgan fingerprint density at radius 2 is 2.30 bits per heavy atom. The molecule has 0 bridgehead atoms. The molecule has 0 fully saturated rings. The minimum absolute atomic E-state index is 0.529. The Hall–Kier alpha value is -0.810. The van der Waals surface area contributed by atoms with Crippen LogP contribution >= 0.6 is 0 Å². The maximum atomic E-state index is 8.35. The Morgan fingerprint density at radius 1 is 1.60 bits per heavy atom. The van der Waals surface area contributed by atoms with Crippen molar-refractivity contribution in [3.8, 4) is 6.07 Å². The van der Waals surface area contributed by atoms with Crippen LogP contribution in [0.25, 0.3) is 0 Å². The van der Waals surface area contributed by atoms with E-state index in [0.717, 1.165) is 13.1 Å². The van der Waals surface area contributed by atoms with E-state index in [9.17, 15) is 0 Å². The highest BCUT2D eigenvalue weighted by atomic mass is 15.1. The standard InChI is InChI=1S/C8H14N2/c1-3-5-7-10(4-2)8-6-9/h3,5H,4,7-8H2,1-2H3. The van der Waals surface area contributed by atoms with Crippen LogP contribution < -0.4 is 0 Å². The zero-order valence-corrected chi connectivity index (χ0v) is 6.67. The van der Waals surface area contributed by atoms with Crippen molar-refractivity contribution in [2.75, 3.05) is 19.6 Å². The molecule has 2 nitrogen and oxygen atoms in total. The molecule has 0 amide bonds. The molecule has 0 aromatic rings. The van der Waals surface area contributed by atoms with Gasteiger partial charge in [-0.25, -0.2) is 0 Å². The number of hydrogen-bond donors (Lipinski definition) is 0. The minimum atomic E-state index is 0.529. The summed E-state index contributed by atoms with van der Waals surface area (Å²) >= 11 is 0. The minimum Gasteiger partial charge on any atom is -0.287 e. The highest BCUT2D eigenvalue weighted by Crippen LogP contribution is 1.86. The van der Waals surface area contributed by atoms with E-state index < -0.39 is 0 Å². The summed E-state index contributed by atoms with van der Waals surface area (Å²) in [6, 6.07) is 2.12. The van der Waals surface area contributed by atoms with Gasteiger partial charge in [0.05, 0.1) is 12.6 Å². The van der Waals surface area contributed by atoms with E-state index in [4.69, 9.17) is 5.26 Å². The summed E-state index contributed by atoms with van der Waals surface area (Å²) in [4.78, 5) is 2.07. The Bertz CT molecular complexity index is 133. The molecule has 2 heteroatoms. The third-order valence-electron chi connectivity index (χ3n) is 1.34. The summed E-state index contributed by atoms with van der Waals surface area (Å²) in [6.45, 7) is 6.40. The maximum absolute atomic E-state index is 8.35. The van der Waals surface area contributed by atoms with E-state index in [1.165, 1.54) is 0 Å². The molecule has 0 rings (SSSR count). The molecule has 0 aromatic heterocycles. The lowest BCUT2D eigenvalue weighted by Crippen LogP contribution is -2.23. The predicted octanol–water partition coefficient (Wildman–Crippen LogP) is 1.41. The van der Waals surface area contributed by atoms with Gasteiger partial charge >= 0.3 is 0 Å².